The van der Waals surface area contributed by atoms with E-state index in [0.29, 0.717) is 23.0 Å². The van der Waals surface area contributed by atoms with Crippen LogP contribution < -0.4 is 4.74 Å². The molecule has 4 aromatic heterocycles. The van der Waals surface area contributed by atoms with Crippen LogP contribution in [0.15, 0.2) is 47.4 Å². The molecule has 0 saturated carbocycles. The van der Waals surface area contributed by atoms with Crippen molar-refractivity contribution < 1.29 is 9.26 Å². The first-order valence-corrected chi connectivity index (χ1v) is 8.43. The van der Waals surface area contributed by atoms with E-state index >= 15 is 0 Å². The van der Waals surface area contributed by atoms with E-state index in [2.05, 4.69) is 25.4 Å². The van der Waals surface area contributed by atoms with Gasteiger partial charge in [0.25, 0.3) is 0 Å². The molecule has 0 saturated heterocycles. The number of nitrogens with zero attached hydrogens (tertiary/aromatic N) is 7. The molecule has 0 aliphatic carbocycles. The summed E-state index contributed by atoms with van der Waals surface area (Å²) < 4.78 is 14.3. The summed E-state index contributed by atoms with van der Waals surface area (Å²) in [6.07, 6.45) is 3.61. The average Bonchev–Trinajstić information content (AvgIpc) is 3.39. The zero-order valence-electron chi connectivity index (χ0n) is 14.1. The highest BCUT2D eigenvalue weighted by atomic mass is 35.5. The number of aryl methyl sites for hydroxylation is 1. The summed E-state index contributed by atoms with van der Waals surface area (Å²) in [7, 11) is 1.91. The van der Waals surface area contributed by atoms with Gasteiger partial charge >= 0.3 is 0 Å². The van der Waals surface area contributed by atoms with Crippen molar-refractivity contribution >= 4 is 28.0 Å². The van der Waals surface area contributed by atoms with Gasteiger partial charge in [0, 0.05) is 30.1 Å². The van der Waals surface area contributed by atoms with Gasteiger partial charge in [-0.1, -0.05) is 23.4 Å². The number of halogens is 1. The van der Waals surface area contributed by atoms with Gasteiger partial charge in [-0.25, -0.2) is 4.98 Å². The first-order chi connectivity index (χ1) is 13.2. The zero-order chi connectivity index (χ0) is 18.4. The van der Waals surface area contributed by atoms with Crippen LogP contribution in [0.1, 0.15) is 5.69 Å². The number of hydrogen-bond donors (Lipinski definition) is 0. The van der Waals surface area contributed by atoms with Gasteiger partial charge in [0.05, 0.1) is 12.0 Å². The number of ether oxygens (including phenoxy) is 1. The Morgan fingerprint density at radius 3 is 2.78 bits per heavy atom. The third-order valence-electron chi connectivity index (χ3n) is 4.06. The predicted molar refractivity (Wildman–Crippen MR) is 96.3 cm³/mol. The van der Waals surface area contributed by atoms with Crippen molar-refractivity contribution in [2.45, 2.75) is 6.61 Å². The Balaban J connectivity index is 1.66. The number of benzene rings is 1. The smallest absolute Gasteiger partial charge is 0.240 e. The van der Waals surface area contributed by atoms with Crippen LogP contribution in [-0.4, -0.2) is 34.5 Å². The molecule has 0 amide bonds. The van der Waals surface area contributed by atoms with Gasteiger partial charge in [0.2, 0.25) is 16.9 Å². The lowest BCUT2D eigenvalue weighted by Gasteiger charge is -2.08. The van der Waals surface area contributed by atoms with Crippen molar-refractivity contribution in [1.82, 2.24) is 34.5 Å². The molecule has 0 spiro atoms. The minimum atomic E-state index is 0.161. The number of fused-ring (bicyclic) bond motifs is 3. The van der Waals surface area contributed by atoms with Crippen molar-refractivity contribution in [2.24, 2.45) is 7.05 Å². The third-order valence-corrected chi connectivity index (χ3v) is 4.23. The van der Waals surface area contributed by atoms with E-state index in [1.165, 1.54) is 0 Å². The molecule has 0 N–H and O–H groups in total. The second-order valence-electron chi connectivity index (χ2n) is 5.95. The van der Waals surface area contributed by atoms with Crippen LogP contribution in [-0.2, 0) is 13.7 Å². The van der Waals surface area contributed by atoms with Crippen LogP contribution in [0.3, 0.4) is 0 Å². The third kappa shape index (κ3) is 2.68. The summed E-state index contributed by atoms with van der Waals surface area (Å²) in [6.45, 7) is 0.288. The van der Waals surface area contributed by atoms with Gasteiger partial charge in [0.15, 0.2) is 11.3 Å². The quantitative estimate of drug-likeness (QED) is 0.472. The predicted octanol–water partition coefficient (Wildman–Crippen LogP) is 2.90. The number of rotatable bonds is 4. The number of hydrogen-bond acceptors (Lipinski definition) is 7. The molecular weight excluding hydrogens is 370 g/mol. The Bertz CT molecular complexity index is 1270. The fourth-order valence-corrected chi connectivity index (χ4v) is 3.00. The first kappa shape index (κ1) is 15.8. The highest BCUT2D eigenvalue weighted by Gasteiger charge is 2.18. The minimum absolute atomic E-state index is 0.161. The van der Waals surface area contributed by atoms with Crippen LogP contribution in [0, 0.1) is 0 Å². The summed E-state index contributed by atoms with van der Waals surface area (Å²) in [6, 6.07) is 9.27. The monoisotopic (exact) mass is 381 g/mol. The van der Waals surface area contributed by atoms with E-state index in [1.54, 1.807) is 16.9 Å². The molecule has 0 aliphatic heterocycles. The van der Waals surface area contributed by atoms with Crippen molar-refractivity contribution in [3.05, 3.63) is 53.8 Å². The molecule has 134 valence electrons. The average molecular weight is 382 g/mol. The summed E-state index contributed by atoms with van der Waals surface area (Å²) in [5, 5.41) is 18.8. The van der Waals surface area contributed by atoms with Crippen LogP contribution in [0.5, 0.6) is 5.88 Å². The van der Waals surface area contributed by atoms with Gasteiger partial charge in [-0.3, -0.25) is 0 Å². The Morgan fingerprint density at radius 1 is 1.19 bits per heavy atom. The molecule has 0 radical (unpaired) electrons. The van der Waals surface area contributed by atoms with E-state index in [9.17, 15) is 0 Å². The van der Waals surface area contributed by atoms with E-state index in [-0.39, 0.29) is 11.8 Å². The molecule has 0 unspecified atom stereocenters. The fourth-order valence-electron chi connectivity index (χ4n) is 2.86. The van der Waals surface area contributed by atoms with Crippen molar-refractivity contribution in [1.29, 1.82) is 0 Å². The summed E-state index contributed by atoms with van der Waals surface area (Å²) >= 11 is 5.83. The fraction of sp³-hybridized carbons (Fsp3) is 0.118. The maximum Gasteiger partial charge on any atom is 0.240 e. The van der Waals surface area contributed by atoms with E-state index in [0.717, 1.165) is 16.5 Å². The Labute approximate surface area is 157 Å². The summed E-state index contributed by atoms with van der Waals surface area (Å²) in [4.78, 5) is 4.27. The van der Waals surface area contributed by atoms with Crippen LogP contribution >= 0.6 is 11.6 Å². The van der Waals surface area contributed by atoms with E-state index < -0.39 is 0 Å². The molecule has 0 bridgehead atoms. The topological polar surface area (TPSA) is 96.2 Å². The number of aromatic nitrogens is 7. The van der Waals surface area contributed by atoms with Crippen molar-refractivity contribution in [2.75, 3.05) is 0 Å². The second kappa shape index (κ2) is 6.06. The second-order valence-corrected chi connectivity index (χ2v) is 6.32. The van der Waals surface area contributed by atoms with E-state index in [1.807, 2.05) is 42.1 Å². The maximum atomic E-state index is 5.96. The molecular formula is C17H12ClN7O2. The molecule has 4 heterocycles. The molecule has 0 fully saturated rings. The lowest BCUT2D eigenvalue weighted by Crippen LogP contribution is -2.03. The highest BCUT2D eigenvalue weighted by Crippen LogP contribution is 2.29. The van der Waals surface area contributed by atoms with Crippen LogP contribution in [0.25, 0.3) is 27.9 Å². The normalized spacial score (nSPS) is 11.5. The Morgan fingerprint density at radius 2 is 2.04 bits per heavy atom. The Hall–Kier alpha value is -3.46. The molecule has 5 aromatic rings. The molecule has 10 heteroatoms. The van der Waals surface area contributed by atoms with Gasteiger partial charge in [-0.15, -0.1) is 15.3 Å². The standard InChI is InChI=1S/C17H12ClN7O2/c1-24-7-10(19-9-24)8-26-17-12-5-3-2-4-11(12)15-20-21-16(25(15)22-17)13-6-14(18)27-23-13/h2-7,9H,8H2,1H3. The first-order valence-electron chi connectivity index (χ1n) is 8.05. The molecule has 27 heavy (non-hydrogen) atoms. The molecule has 0 atom stereocenters. The van der Waals surface area contributed by atoms with Crippen LogP contribution in [0.4, 0.5) is 0 Å². The van der Waals surface area contributed by atoms with Crippen LogP contribution in [0.2, 0.25) is 5.22 Å². The zero-order valence-corrected chi connectivity index (χ0v) is 14.8. The SMILES string of the molecule is Cn1cnc(COc2nn3c(-c4cc(Cl)on4)nnc3c3ccccc23)c1. The summed E-state index contributed by atoms with van der Waals surface area (Å²) in [5.41, 5.74) is 1.83. The molecule has 9 nitrogen and oxygen atoms in total. The lowest BCUT2D eigenvalue weighted by molar-refractivity contribution is 0.289. The highest BCUT2D eigenvalue weighted by molar-refractivity contribution is 6.29. The molecule has 5 rings (SSSR count). The van der Waals surface area contributed by atoms with Gasteiger partial charge in [0.1, 0.15) is 6.61 Å². The Kier molecular flexibility index (Phi) is 3.54. The van der Waals surface area contributed by atoms with Gasteiger partial charge in [-0.05, 0) is 17.7 Å². The van der Waals surface area contributed by atoms with Crippen molar-refractivity contribution in [3.63, 3.8) is 0 Å². The summed E-state index contributed by atoms with van der Waals surface area (Å²) in [5.74, 6) is 0.855. The number of imidazole rings is 1. The molecule has 0 aliphatic rings. The molecule has 1 aromatic carbocycles. The van der Waals surface area contributed by atoms with Crippen molar-refractivity contribution in [3.8, 4) is 17.4 Å². The minimum Gasteiger partial charge on any atom is -0.470 e. The van der Waals surface area contributed by atoms with Gasteiger partial charge in [-0.2, -0.15) is 4.52 Å². The largest absolute Gasteiger partial charge is 0.470 e. The maximum absolute atomic E-state index is 5.96. The van der Waals surface area contributed by atoms with E-state index in [4.69, 9.17) is 20.9 Å². The lowest BCUT2D eigenvalue weighted by atomic mass is 10.2. The van der Waals surface area contributed by atoms with Gasteiger partial charge < -0.3 is 13.8 Å².